The largest absolute Gasteiger partial charge is 0.492 e. The summed E-state index contributed by atoms with van der Waals surface area (Å²) in [5, 5.41) is 21.7. The van der Waals surface area contributed by atoms with E-state index >= 15 is 0 Å². The van der Waals surface area contributed by atoms with Gasteiger partial charge in [0.1, 0.15) is 23.6 Å². The summed E-state index contributed by atoms with van der Waals surface area (Å²) in [4.78, 5) is 39.6. The number of nitrogens with zero attached hydrogens (tertiary/aromatic N) is 9. The fraction of sp³-hybridized carbons (Fsp3) is 0.467. The molecule has 7 rings (SSSR count). The molecule has 254 valence electrons. The van der Waals surface area contributed by atoms with E-state index in [2.05, 4.69) is 25.5 Å². The molecule has 0 unspecified atom stereocenters. The van der Waals surface area contributed by atoms with Gasteiger partial charge in [0.25, 0.3) is 5.56 Å². The first-order chi connectivity index (χ1) is 23.0. The van der Waals surface area contributed by atoms with E-state index in [4.69, 9.17) is 16.3 Å². The molecule has 48 heavy (non-hydrogen) atoms. The van der Waals surface area contributed by atoms with Crippen LogP contribution in [0.4, 0.5) is 30.2 Å². The van der Waals surface area contributed by atoms with Crippen molar-refractivity contribution in [1.82, 2.24) is 33.9 Å². The third-order valence-electron chi connectivity index (χ3n) is 8.71. The van der Waals surface area contributed by atoms with Crippen molar-refractivity contribution >= 4 is 45.9 Å². The number of hydrogen-bond donors (Lipinski definition) is 2. The fourth-order valence-electron chi connectivity index (χ4n) is 6.14. The Balaban J connectivity index is 1.22. The van der Waals surface area contributed by atoms with Gasteiger partial charge >= 0.3 is 6.18 Å². The summed E-state index contributed by atoms with van der Waals surface area (Å²) in [6.45, 7) is 4.24. The molecule has 1 saturated heterocycles. The standard InChI is InChI=1S/C30H32ClF3N10O4/c1-2-20-24(41-11-9-40(10-12-41)21-15-35-43(27(21)46)18-3-4-18)28(47)44-29(38-26(39-44)17-7-13-48-14-8-17)42(20)16-23(45)36-19-5-6-22(30(32,33)34)37-25(19)31/h5-7,15,18,46H,2-4,8-14,16H2,1H3,(H,36,45). The molecular weight excluding hydrogens is 657 g/mol. The molecule has 4 aromatic rings. The van der Waals surface area contributed by atoms with Crippen LogP contribution in [0.2, 0.25) is 5.15 Å². The summed E-state index contributed by atoms with van der Waals surface area (Å²) < 4.78 is 49.2. The number of hydrogen-bond acceptors (Lipinski definition) is 10. The quantitative estimate of drug-likeness (QED) is 0.264. The molecule has 1 saturated carbocycles. The number of halogens is 4. The first kappa shape index (κ1) is 31.9. The Hall–Kier alpha value is -4.64. The Morgan fingerprint density at radius 2 is 1.90 bits per heavy atom. The zero-order chi connectivity index (χ0) is 33.7. The van der Waals surface area contributed by atoms with Gasteiger partial charge in [-0.3, -0.25) is 9.59 Å². The Morgan fingerprint density at radius 3 is 2.54 bits per heavy atom. The van der Waals surface area contributed by atoms with E-state index in [9.17, 15) is 27.9 Å². The lowest BCUT2D eigenvalue weighted by Crippen LogP contribution is -2.49. The maximum absolute atomic E-state index is 14.2. The fourth-order valence-corrected chi connectivity index (χ4v) is 6.34. The second-order valence-corrected chi connectivity index (χ2v) is 12.2. The van der Waals surface area contributed by atoms with E-state index in [1.807, 2.05) is 22.8 Å². The highest BCUT2D eigenvalue weighted by Crippen LogP contribution is 2.41. The van der Waals surface area contributed by atoms with Crippen LogP contribution in [0.1, 0.15) is 49.4 Å². The number of carbonyl (C=O) groups excluding carboxylic acids is 1. The predicted octanol–water partition coefficient (Wildman–Crippen LogP) is 3.53. The van der Waals surface area contributed by atoms with Gasteiger partial charge in [-0.25, -0.2) is 9.67 Å². The maximum atomic E-state index is 14.2. The van der Waals surface area contributed by atoms with Crippen LogP contribution >= 0.6 is 11.6 Å². The normalized spacial score (nSPS) is 17.2. The molecule has 3 aliphatic rings. The molecular formula is C30H32ClF3N10O4. The van der Waals surface area contributed by atoms with Crippen LogP contribution in [0.3, 0.4) is 0 Å². The number of ether oxygens (including phenoxy) is 1. The number of nitrogens with one attached hydrogen (secondary N) is 1. The lowest BCUT2D eigenvalue weighted by atomic mass is 10.1. The molecule has 1 amide bonds. The molecule has 14 nitrogen and oxygen atoms in total. The van der Waals surface area contributed by atoms with Crippen LogP contribution in [-0.2, 0) is 28.7 Å². The number of rotatable bonds is 8. The summed E-state index contributed by atoms with van der Waals surface area (Å²) in [5.74, 6) is 0.000835. The monoisotopic (exact) mass is 688 g/mol. The number of aromatic nitrogens is 7. The minimum absolute atomic E-state index is 0.0936. The molecule has 6 heterocycles. The van der Waals surface area contributed by atoms with Crippen molar-refractivity contribution in [1.29, 1.82) is 0 Å². The van der Waals surface area contributed by atoms with Crippen molar-refractivity contribution in [3.05, 3.63) is 57.1 Å². The highest BCUT2D eigenvalue weighted by atomic mass is 35.5. The van der Waals surface area contributed by atoms with Gasteiger partial charge in [0, 0.05) is 26.2 Å². The topological polar surface area (TPSA) is 148 Å². The van der Waals surface area contributed by atoms with Crippen LogP contribution in [0.25, 0.3) is 11.4 Å². The molecule has 0 aromatic carbocycles. The molecule has 0 spiro atoms. The Bertz CT molecular complexity index is 1980. The van der Waals surface area contributed by atoms with Crippen LogP contribution in [0.5, 0.6) is 5.88 Å². The molecule has 18 heteroatoms. The van der Waals surface area contributed by atoms with Gasteiger partial charge < -0.3 is 29.5 Å². The first-order valence-corrected chi connectivity index (χ1v) is 16.0. The van der Waals surface area contributed by atoms with Crippen LogP contribution < -0.4 is 20.7 Å². The van der Waals surface area contributed by atoms with Gasteiger partial charge in [-0.2, -0.15) is 27.8 Å². The van der Waals surface area contributed by atoms with E-state index in [-0.39, 0.29) is 29.9 Å². The van der Waals surface area contributed by atoms with Crippen LogP contribution in [0, 0.1) is 0 Å². The van der Waals surface area contributed by atoms with Crippen molar-refractivity contribution in [2.24, 2.45) is 0 Å². The second kappa shape index (κ2) is 12.4. The number of amides is 1. The highest BCUT2D eigenvalue weighted by Gasteiger charge is 2.34. The molecule has 2 N–H and O–H groups in total. The summed E-state index contributed by atoms with van der Waals surface area (Å²) in [5.41, 5.74) is 0.684. The second-order valence-electron chi connectivity index (χ2n) is 11.8. The molecule has 0 bridgehead atoms. The van der Waals surface area contributed by atoms with E-state index in [1.165, 1.54) is 4.52 Å². The zero-order valence-electron chi connectivity index (χ0n) is 25.9. The minimum Gasteiger partial charge on any atom is -0.492 e. The van der Waals surface area contributed by atoms with E-state index in [0.29, 0.717) is 75.1 Å². The number of pyridine rings is 1. The lowest BCUT2D eigenvalue weighted by molar-refractivity contribution is -0.141. The third kappa shape index (κ3) is 5.96. The van der Waals surface area contributed by atoms with Crippen molar-refractivity contribution in [3.63, 3.8) is 0 Å². The number of anilines is 3. The molecule has 0 radical (unpaired) electrons. The van der Waals surface area contributed by atoms with E-state index < -0.39 is 28.5 Å². The van der Waals surface area contributed by atoms with Gasteiger partial charge in [0.15, 0.2) is 11.0 Å². The zero-order valence-corrected chi connectivity index (χ0v) is 26.6. The van der Waals surface area contributed by atoms with Gasteiger partial charge in [0.2, 0.25) is 17.6 Å². The molecule has 0 atom stereocenters. The van der Waals surface area contributed by atoms with Crippen molar-refractivity contribution in [2.75, 3.05) is 54.5 Å². The van der Waals surface area contributed by atoms with Crippen molar-refractivity contribution in [3.8, 4) is 5.88 Å². The Labute approximate surface area is 276 Å². The lowest BCUT2D eigenvalue weighted by Gasteiger charge is -2.37. The number of aromatic hydroxyl groups is 1. The van der Waals surface area contributed by atoms with Gasteiger partial charge in [0.05, 0.1) is 36.8 Å². The first-order valence-electron chi connectivity index (χ1n) is 15.6. The SMILES string of the molecule is CCc1c(N2CCN(c3cnn(C4CC4)c3O)CC2)c(=O)n2nc(C3=CCOCC3)nc2n1CC(=O)Nc1ccc(C(F)(F)F)nc1Cl. The number of carbonyl (C=O) groups is 1. The van der Waals surface area contributed by atoms with Crippen LogP contribution in [-0.4, -0.2) is 84.3 Å². The average Bonchev–Trinajstić information content (AvgIpc) is 3.69. The summed E-state index contributed by atoms with van der Waals surface area (Å²) in [6.07, 6.45) is 1.68. The Kier molecular flexibility index (Phi) is 8.27. The molecule has 2 aliphatic heterocycles. The third-order valence-corrected chi connectivity index (χ3v) is 8.99. The van der Waals surface area contributed by atoms with Gasteiger partial charge in [-0.05, 0) is 43.4 Å². The Morgan fingerprint density at radius 1 is 1.15 bits per heavy atom. The molecule has 4 aromatic heterocycles. The molecule has 1 aliphatic carbocycles. The minimum atomic E-state index is -4.70. The van der Waals surface area contributed by atoms with Crippen LogP contribution in [0.15, 0.2) is 29.2 Å². The van der Waals surface area contributed by atoms with Gasteiger partial charge in [-0.1, -0.05) is 24.6 Å². The smallest absolute Gasteiger partial charge is 0.433 e. The van der Waals surface area contributed by atoms with Crippen molar-refractivity contribution in [2.45, 2.75) is 51.4 Å². The summed E-state index contributed by atoms with van der Waals surface area (Å²) in [7, 11) is 0. The average molecular weight is 689 g/mol. The van der Waals surface area contributed by atoms with Gasteiger partial charge in [-0.15, -0.1) is 5.10 Å². The number of alkyl halides is 3. The maximum Gasteiger partial charge on any atom is 0.433 e. The summed E-state index contributed by atoms with van der Waals surface area (Å²) in [6, 6.07) is 2.00. The van der Waals surface area contributed by atoms with Crippen molar-refractivity contribution < 1.29 is 27.8 Å². The summed E-state index contributed by atoms with van der Waals surface area (Å²) >= 11 is 6.01. The van der Waals surface area contributed by atoms with E-state index in [1.54, 1.807) is 15.4 Å². The number of piperazine rings is 1. The predicted molar refractivity (Wildman–Crippen MR) is 170 cm³/mol. The molecule has 2 fully saturated rings. The number of fused-ring (bicyclic) bond motifs is 1. The highest BCUT2D eigenvalue weighted by molar-refractivity contribution is 6.32. The van der Waals surface area contributed by atoms with E-state index in [0.717, 1.165) is 30.5 Å².